The second-order valence-corrected chi connectivity index (χ2v) is 8.61. The van der Waals surface area contributed by atoms with Gasteiger partial charge in [0.2, 0.25) is 0 Å². The molecule has 2 aromatic rings. The zero-order valence-corrected chi connectivity index (χ0v) is 18.9. The highest BCUT2D eigenvalue weighted by atomic mass is 79.9. The monoisotopic (exact) mass is 480 g/mol. The Hall–Kier alpha value is -3.11. The number of carbonyl (C=O) groups is 2. The van der Waals surface area contributed by atoms with E-state index in [9.17, 15) is 14.9 Å². The van der Waals surface area contributed by atoms with Crippen LogP contribution in [-0.2, 0) is 14.3 Å². The number of ether oxygens (including phenoxy) is 2. The summed E-state index contributed by atoms with van der Waals surface area (Å²) in [5, 5.41) is 10.4. The average Bonchev–Trinajstić information content (AvgIpc) is 3.10. The van der Waals surface area contributed by atoms with Crippen molar-refractivity contribution in [3.05, 3.63) is 64.1 Å². The van der Waals surface area contributed by atoms with Gasteiger partial charge in [0.05, 0.1) is 32.4 Å². The number of hydrogen-bond donors (Lipinski definition) is 0. The van der Waals surface area contributed by atoms with Gasteiger partial charge in [-0.1, -0.05) is 40.2 Å². The van der Waals surface area contributed by atoms with Crippen LogP contribution in [0.4, 0.5) is 5.69 Å². The number of esters is 1. The zero-order valence-electron chi connectivity index (χ0n) is 17.3. The van der Waals surface area contributed by atoms with E-state index in [1.807, 2.05) is 59.5 Å². The smallest absolute Gasteiger partial charge is 0.329 e. The molecule has 4 atom stereocenters. The molecule has 4 rings (SSSR count). The van der Waals surface area contributed by atoms with Gasteiger partial charge in [0.25, 0.3) is 0 Å². The minimum Gasteiger partial charge on any atom is -0.497 e. The summed E-state index contributed by atoms with van der Waals surface area (Å²) in [6.07, 6.45) is 3.69. The van der Waals surface area contributed by atoms with Crippen LogP contribution in [0.2, 0.25) is 0 Å². The first kappa shape index (κ1) is 21.1. The number of nitrogens with zero attached hydrogens (tertiary/aromatic N) is 2. The van der Waals surface area contributed by atoms with Gasteiger partial charge in [-0.15, -0.1) is 0 Å². The number of fused-ring (bicyclic) bond motifs is 3. The van der Waals surface area contributed by atoms with E-state index in [4.69, 9.17) is 9.47 Å². The lowest BCUT2D eigenvalue weighted by Crippen LogP contribution is -2.46. The summed E-state index contributed by atoms with van der Waals surface area (Å²) < 4.78 is 11.3. The molecular formula is C24H21BrN2O4. The number of anilines is 1. The molecule has 2 aliphatic rings. The summed E-state index contributed by atoms with van der Waals surface area (Å²) >= 11 is 3.43. The van der Waals surface area contributed by atoms with Crippen molar-refractivity contribution >= 4 is 39.4 Å². The van der Waals surface area contributed by atoms with E-state index in [0.29, 0.717) is 5.75 Å². The quantitative estimate of drug-likeness (QED) is 0.612. The van der Waals surface area contributed by atoms with Crippen molar-refractivity contribution in [1.82, 2.24) is 0 Å². The second kappa shape index (κ2) is 7.86. The minimum absolute atomic E-state index is 0.129. The fourth-order valence-corrected chi connectivity index (χ4v) is 5.16. The number of ketones is 1. The van der Waals surface area contributed by atoms with Crippen molar-refractivity contribution in [2.75, 3.05) is 19.1 Å². The molecule has 0 spiro atoms. The molecule has 6 nitrogen and oxygen atoms in total. The van der Waals surface area contributed by atoms with Gasteiger partial charge in [0, 0.05) is 21.6 Å². The normalized spacial score (nSPS) is 25.9. The number of nitriles is 1. The van der Waals surface area contributed by atoms with Crippen LogP contribution in [0.5, 0.6) is 5.75 Å². The van der Waals surface area contributed by atoms with E-state index >= 15 is 0 Å². The topological polar surface area (TPSA) is 79.6 Å². The number of halogens is 1. The van der Waals surface area contributed by atoms with Gasteiger partial charge >= 0.3 is 5.97 Å². The highest BCUT2D eigenvalue weighted by molar-refractivity contribution is 9.10. The number of rotatable bonds is 4. The highest BCUT2D eigenvalue weighted by Crippen LogP contribution is 2.56. The molecule has 2 aromatic carbocycles. The van der Waals surface area contributed by atoms with Crippen LogP contribution in [0.25, 0.3) is 6.08 Å². The summed E-state index contributed by atoms with van der Waals surface area (Å²) in [6.45, 7) is 1.50. The van der Waals surface area contributed by atoms with Crippen LogP contribution < -0.4 is 9.64 Å². The van der Waals surface area contributed by atoms with Crippen molar-refractivity contribution in [1.29, 1.82) is 5.26 Å². The summed E-state index contributed by atoms with van der Waals surface area (Å²) in [4.78, 5) is 28.1. The maximum atomic E-state index is 13.2. The highest BCUT2D eigenvalue weighted by Gasteiger charge is 2.66. The third-order valence-electron chi connectivity index (χ3n) is 6.20. The van der Waals surface area contributed by atoms with Crippen LogP contribution in [-0.4, -0.2) is 38.1 Å². The van der Waals surface area contributed by atoms with Crippen molar-refractivity contribution in [2.24, 2.45) is 5.41 Å². The molecule has 158 valence electrons. The minimum atomic E-state index is -1.59. The van der Waals surface area contributed by atoms with Gasteiger partial charge in [-0.05, 0) is 42.8 Å². The van der Waals surface area contributed by atoms with Gasteiger partial charge in [-0.25, -0.2) is 0 Å². The third kappa shape index (κ3) is 3.05. The van der Waals surface area contributed by atoms with Crippen molar-refractivity contribution < 1.29 is 19.1 Å². The Kier molecular flexibility index (Phi) is 5.36. The molecule has 2 aliphatic heterocycles. The van der Waals surface area contributed by atoms with Crippen LogP contribution in [0, 0.1) is 16.7 Å². The van der Waals surface area contributed by atoms with Gasteiger partial charge in [0.1, 0.15) is 5.75 Å². The Morgan fingerprint density at radius 1 is 1.16 bits per heavy atom. The largest absolute Gasteiger partial charge is 0.497 e. The van der Waals surface area contributed by atoms with E-state index in [1.165, 1.54) is 14.0 Å². The standard InChI is InChI=1S/C24H21BrN2O4/c1-14(28)22-21(15-4-7-17(25)8-5-15)24(13-26,23(29)31-3)20-11-6-16-12-18(30-2)9-10-19(16)27(20)22/h4-12,20-22H,1-3H3/t20-,21-,22-,24-/m1/s1. The van der Waals surface area contributed by atoms with Gasteiger partial charge in [0.15, 0.2) is 11.2 Å². The van der Waals surface area contributed by atoms with Gasteiger partial charge in [-0.2, -0.15) is 5.26 Å². The van der Waals surface area contributed by atoms with E-state index in [2.05, 4.69) is 22.0 Å². The Morgan fingerprint density at radius 3 is 2.45 bits per heavy atom. The molecule has 0 amide bonds. The van der Waals surface area contributed by atoms with Crippen LogP contribution >= 0.6 is 15.9 Å². The number of hydrogen-bond acceptors (Lipinski definition) is 6. The molecule has 0 aromatic heterocycles. The van der Waals surface area contributed by atoms with Crippen LogP contribution in [0.3, 0.4) is 0 Å². The molecule has 7 heteroatoms. The molecule has 0 saturated carbocycles. The third-order valence-corrected chi connectivity index (χ3v) is 6.73. The van der Waals surface area contributed by atoms with Crippen LogP contribution in [0.1, 0.15) is 24.0 Å². The summed E-state index contributed by atoms with van der Waals surface area (Å²) in [5.74, 6) is -0.804. The Bertz CT molecular complexity index is 1120. The Balaban J connectivity index is 2.00. The number of methoxy groups -OCH3 is 2. The number of benzene rings is 2. The summed E-state index contributed by atoms with van der Waals surface area (Å²) in [7, 11) is 2.86. The predicted molar refractivity (Wildman–Crippen MR) is 120 cm³/mol. The van der Waals surface area contributed by atoms with Crippen LogP contribution in [0.15, 0.2) is 53.0 Å². The molecule has 1 saturated heterocycles. The maximum absolute atomic E-state index is 13.2. The Labute approximate surface area is 189 Å². The average molecular weight is 481 g/mol. The summed E-state index contributed by atoms with van der Waals surface area (Å²) in [6, 6.07) is 13.8. The lowest BCUT2D eigenvalue weighted by atomic mass is 9.68. The molecule has 0 aliphatic carbocycles. The van der Waals surface area contributed by atoms with Gasteiger partial charge in [-0.3, -0.25) is 9.59 Å². The summed E-state index contributed by atoms with van der Waals surface area (Å²) in [5.41, 5.74) is 0.771. The first-order chi connectivity index (χ1) is 14.9. The SMILES string of the molecule is COC(=O)[C@@]1(C#N)[C@H](c2ccc(Br)cc2)[C@@H](C(C)=O)N2c3ccc(OC)cc3C=C[C@@H]21. The van der Waals surface area contributed by atoms with Crippen molar-refractivity contribution in [3.63, 3.8) is 0 Å². The first-order valence-corrected chi connectivity index (χ1v) is 10.6. The molecule has 31 heavy (non-hydrogen) atoms. The lowest BCUT2D eigenvalue weighted by molar-refractivity contribution is -0.150. The second-order valence-electron chi connectivity index (χ2n) is 7.69. The molecule has 0 radical (unpaired) electrons. The van der Waals surface area contributed by atoms with Crippen molar-refractivity contribution in [3.8, 4) is 11.8 Å². The predicted octanol–water partition coefficient (Wildman–Crippen LogP) is 4.10. The fraction of sp³-hybridized carbons (Fsp3) is 0.292. The molecule has 2 heterocycles. The van der Waals surface area contributed by atoms with E-state index in [-0.39, 0.29) is 5.78 Å². The van der Waals surface area contributed by atoms with Crippen molar-refractivity contribution in [2.45, 2.75) is 24.9 Å². The molecule has 1 fully saturated rings. The zero-order chi connectivity index (χ0) is 22.3. The molecule has 0 N–H and O–H groups in total. The number of carbonyl (C=O) groups excluding carboxylic acids is 2. The Morgan fingerprint density at radius 2 is 1.87 bits per heavy atom. The fourth-order valence-electron chi connectivity index (χ4n) is 4.90. The molecule has 0 bridgehead atoms. The van der Waals surface area contributed by atoms with E-state index in [1.54, 1.807) is 7.11 Å². The van der Waals surface area contributed by atoms with E-state index in [0.717, 1.165) is 21.3 Å². The first-order valence-electron chi connectivity index (χ1n) is 9.79. The van der Waals surface area contributed by atoms with E-state index < -0.39 is 29.4 Å². The molecular weight excluding hydrogens is 460 g/mol. The van der Waals surface area contributed by atoms with Gasteiger partial charge < -0.3 is 14.4 Å². The maximum Gasteiger partial charge on any atom is 0.329 e. The lowest BCUT2D eigenvalue weighted by Gasteiger charge is -2.36. The molecule has 0 unspecified atom stereocenters. The number of Topliss-reactive ketones (excluding diaryl/α,β-unsaturated/α-hetero) is 1.